The Morgan fingerprint density at radius 1 is 1.27 bits per heavy atom. The second kappa shape index (κ2) is 11.0. The standard InChI is InChI=1S/C24H25F3N6O4/c1-14-7-9-28-19-6-5-18(15-3-2-4-16(11-15)24(25,26)27)30-21(19)33(14)23(36)32-20-8-10-29-22(31-20)37-13-17(35)12-34/h2-6,8,10-11,14,17,28,34-35H,7,9,12-13H2,1H3,(H,29,31,32,36)/t14-,17-/m1/s1. The molecule has 10 nitrogen and oxygen atoms in total. The molecule has 196 valence electrons. The molecule has 13 heteroatoms. The monoisotopic (exact) mass is 518 g/mol. The molecule has 37 heavy (non-hydrogen) atoms. The lowest BCUT2D eigenvalue weighted by atomic mass is 10.1. The first-order valence-corrected chi connectivity index (χ1v) is 11.4. The van der Waals surface area contributed by atoms with Crippen LogP contribution in [0.3, 0.4) is 0 Å². The van der Waals surface area contributed by atoms with Crippen molar-refractivity contribution in [1.82, 2.24) is 15.0 Å². The van der Waals surface area contributed by atoms with Gasteiger partial charge in [0.25, 0.3) is 0 Å². The van der Waals surface area contributed by atoms with Gasteiger partial charge in [-0.25, -0.2) is 14.8 Å². The van der Waals surface area contributed by atoms with Gasteiger partial charge in [-0.2, -0.15) is 18.2 Å². The number of aliphatic hydroxyl groups excluding tert-OH is 2. The van der Waals surface area contributed by atoms with E-state index in [-0.39, 0.29) is 41.6 Å². The zero-order valence-corrected chi connectivity index (χ0v) is 19.7. The van der Waals surface area contributed by atoms with Gasteiger partial charge in [0.05, 0.1) is 23.6 Å². The lowest BCUT2D eigenvalue weighted by Gasteiger charge is -2.27. The number of carbonyl (C=O) groups is 1. The van der Waals surface area contributed by atoms with Crippen LogP contribution in [-0.4, -0.2) is 63.1 Å². The third-order valence-electron chi connectivity index (χ3n) is 5.61. The summed E-state index contributed by atoms with van der Waals surface area (Å²) in [6, 6.07) is 8.58. The van der Waals surface area contributed by atoms with Crippen LogP contribution >= 0.6 is 0 Å². The number of urea groups is 1. The first-order valence-electron chi connectivity index (χ1n) is 11.4. The molecule has 0 saturated heterocycles. The Kier molecular flexibility index (Phi) is 7.74. The van der Waals surface area contributed by atoms with Gasteiger partial charge in [0.1, 0.15) is 18.5 Å². The van der Waals surface area contributed by atoms with Crippen molar-refractivity contribution in [3.63, 3.8) is 0 Å². The number of aliphatic hydroxyl groups is 2. The molecule has 1 aromatic carbocycles. The maximum absolute atomic E-state index is 13.4. The predicted octanol–water partition coefficient (Wildman–Crippen LogP) is 3.53. The number of halogens is 3. The highest BCUT2D eigenvalue weighted by molar-refractivity contribution is 6.03. The number of anilines is 3. The van der Waals surface area contributed by atoms with Gasteiger partial charge >= 0.3 is 18.2 Å². The van der Waals surface area contributed by atoms with E-state index in [9.17, 15) is 23.1 Å². The molecule has 0 radical (unpaired) electrons. The lowest BCUT2D eigenvalue weighted by molar-refractivity contribution is -0.137. The molecule has 3 heterocycles. The van der Waals surface area contributed by atoms with Crippen LogP contribution in [0.15, 0.2) is 48.7 Å². The molecule has 0 fully saturated rings. The molecule has 2 aromatic heterocycles. The van der Waals surface area contributed by atoms with Crippen molar-refractivity contribution in [3.8, 4) is 17.3 Å². The number of nitrogens with zero attached hydrogens (tertiary/aromatic N) is 4. The van der Waals surface area contributed by atoms with E-state index in [1.165, 1.54) is 29.3 Å². The molecular weight excluding hydrogens is 493 g/mol. The molecule has 4 N–H and O–H groups in total. The van der Waals surface area contributed by atoms with Crippen LogP contribution in [0, 0.1) is 0 Å². The zero-order chi connectivity index (χ0) is 26.6. The van der Waals surface area contributed by atoms with Crippen LogP contribution in [0.4, 0.5) is 35.3 Å². The Labute approximate surface area is 210 Å². The van der Waals surface area contributed by atoms with E-state index < -0.39 is 30.5 Å². The number of aromatic nitrogens is 3. The van der Waals surface area contributed by atoms with Gasteiger partial charge < -0.3 is 20.3 Å². The van der Waals surface area contributed by atoms with Crippen LogP contribution in [0.2, 0.25) is 0 Å². The Balaban J connectivity index is 1.62. The van der Waals surface area contributed by atoms with Crippen molar-refractivity contribution < 1.29 is 32.9 Å². The first-order chi connectivity index (χ1) is 17.7. The fourth-order valence-corrected chi connectivity index (χ4v) is 3.71. The quantitative estimate of drug-likeness (QED) is 0.390. The minimum absolute atomic E-state index is 0.110. The molecule has 3 aromatic rings. The molecular formula is C24H25F3N6O4. The fourth-order valence-electron chi connectivity index (χ4n) is 3.71. The number of hydrogen-bond donors (Lipinski definition) is 4. The van der Waals surface area contributed by atoms with Crippen molar-refractivity contribution in [3.05, 3.63) is 54.2 Å². The molecule has 0 spiro atoms. The SMILES string of the molecule is C[C@@H]1CCNc2ccc(-c3cccc(C(F)(F)F)c3)nc2N1C(=O)Nc1ccnc(OC[C@H](O)CO)n1. The maximum Gasteiger partial charge on any atom is 0.416 e. The number of nitrogens with one attached hydrogen (secondary N) is 2. The topological polar surface area (TPSA) is 133 Å². The van der Waals surface area contributed by atoms with E-state index in [1.807, 2.05) is 6.92 Å². The second-order valence-corrected chi connectivity index (χ2v) is 8.38. The molecule has 4 rings (SSSR count). The number of ether oxygens (including phenoxy) is 1. The number of pyridine rings is 1. The van der Waals surface area contributed by atoms with Crippen molar-refractivity contribution >= 4 is 23.4 Å². The Hall–Kier alpha value is -3.97. The highest BCUT2D eigenvalue weighted by Gasteiger charge is 2.31. The third kappa shape index (κ3) is 6.24. The summed E-state index contributed by atoms with van der Waals surface area (Å²) in [6.07, 6.45) is -3.67. The Morgan fingerprint density at radius 3 is 2.84 bits per heavy atom. The molecule has 1 aliphatic heterocycles. The molecule has 0 unspecified atom stereocenters. The summed E-state index contributed by atoms with van der Waals surface area (Å²) < 4.78 is 44.9. The van der Waals surface area contributed by atoms with E-state index >= 15 is 0 Å². The number of fused-ring (bicyclic) bond motifs is 1. The zero-order valence-electron chi connectivity index (χ0n) is 19.7. The number of amides is 2. The van der Waals surface area contributed by atoms with Gasteiger partial charge in [0.2, 0.25) is 0 Å². The number of carbonyl (C=O) groups excluding carboxylic acids is 1. The van der Waals surface area contributed by atoms with E-state index in [4.69, 9.17) is 9.84 Å². The fraction of sp³-hybridized carbons (Fsp3) is 0.333. The average Bonchev–Trinajstić information content (AvgIpc) is 3.04. The molecule has 0 bridgehead atoms. The average molecular weight is 518 g/mol. The second-order valence-electron chi connectivity index (χ2n) is 8.38. The van der Waals surface area contributed by atoms with Gasteiger partial charge in [0, 0.05) is 24.3 Å². The summed E-state index contributed by atoms with van der Waals surface area (Å²) in [5.41, 5.74) is 0.298. The van der Waals surface area contributed by atoms with Crippen LogP contribution < -0.4 is 20.3 Å². The normalized spacial score (nSPS) is 16.3. The molecule has 0 saturated carbocycles. The lowest BCUT2D eigenvalue weighted by Crippen LogP contribution is -2.42. The summed E-state index contributed by atoms with van der Waals surface area (Å²) in [7, 11) is 0. The number of benzene rings is 1. The molecule has 1 aliphatic rings. The largest absolute Gasteiger partial charge is 0.461 e. The van der Waals surface area contributed by atoms with Crippen LogP contribution in [0.1, 0.15) is 18.9 Å². The van der Waals surface area contributed by atoms with Crippen LogP contribution in [0.5, 0.6) is 6.01 Å². The summed E-state index contributed by atoms with van der Waals surface area (Å²) >= 11 is 0. The van der Waals surface area contributed by atoms with Crippen molar-refractivity contribution in [2.24, 2.45) is 0 Å². The van der Waals surface area contributed by atoms with Gasteiger partial charge in [-0.3, -0.25) is 10.2 Å². The molecule has 0 aliphatic carbocycles. The van der Waals surface area contributed by atoms with E-state index in [0.29, 0.717) is 18.7 Å². The molecule has 2 atom stereocenters. The summed E-state index contributed by atoms with van der Waals surface area (Å²) in [6.45, 7) is 1.66. The van der Waals surface area contributed by atoms with Gasteiger partial charge in [-0.1, -0.05) is 12.1 Å². The highest BCUT2D eigenvalue weighted by Crippen LogP contribution is 2.35. The third-order valence-corrected chi connectivity index (χ3v) is 5.61. The smallest absolute Gasteiger partial charge is 0.416 e. The van der Waals surface area contributed by atoms with Crippen molar-refractivity contribution in [2.75, 3.05) is 35.3 Å². The number of hydrogen-bond acceptors (Lipinski definition) is 8. The summed E-state index contributed by atoms with van der Waals surface area (Å²) in [5, 5.41) is 24.2. The Morgan fingerprint density at radius 2 is 2.08 bits per heavy atom. The van der Waals surface area contributed by atoms with Crippen LogP contribution in [-0.2, 0) is 6.18 Å². The highest BCUT2D eigenvalue weighted by atomic mass is 19.4. The van der Waals surface area contributed by atoms with Crippen molar-refractivity contribution in [1.29, 1.82) is 0 Å². The van der Waals surface area contributed by atoms with Crippen molar-refractivity contribution in [2.45, 2.75) is 31.7 Å². The predicted molar refractivity (Wildman–Crippen MR) is 129 cm³/mol. The van der Waals surface area contributed by atoms with Gasteiger partial charge in [-0.15, -0.1) is 0 Å². The maximum atomic E-state index is 13.4. The van der Waals surface area contributed by atoms with Gasteiger partial charge in [0.15, 0.2) is 5.82 Å². The Bertz CT molecular complexity index is 1260. The molecule has 2 amide bonds. The van der Waals surface area contributed by atoms with E-state index in [0.717, 1.165) is 12.1 Å². The summed E-state index contributed by atoms with van der Waals surface area (Å²) in [4.78, 5) is 27.4. The number of alkyl halides is 3. The van der Waals surface area contributed by atoms with E-state index in [1.54, 1.807) is 12.1 Å². The summed E-state index contributed by atoms with van der Waals surface area (Å²) in [5.74, 6) is 0.377. The van der Waals surface area contributed by atoms with E-state index in [2.05, 4.69) is 25.6 Å². The van der Waals surface area contributed by atoms with Gasteiger partial charge in [-0.05, 0) is 43.7 Å². The minimum atomic E-state index is -4.50. The van der Waals surface area contributed by atoms with Crippen LogP contribution in [0.25, 0.3) is 11.3 Å². The minimum Gasteiger partial charge on any atom is -0.461 e. The number of rotatable bonds is 6. The first kappa shape index (κ1) is 26.1.